The van der Waals surface area contributed by atoms with Crippen molar-refractivity contribution in [1.29, 1.82) is 0 Å². The van der Waals surface area contributed by atoms with Crippen LogP contribution in [0.2, 0.25) is 0 Å². The topological polar surface area (TPSA) is 43.2 Å². The highest BCUT2D eigenvalue weighted by atomic mass is 19.1. The highest BCUT2D eigenvalue weighted by molar-refractivity contribution is 6.28. The van der Waals surface area contributed by atoms with E-state index in [0.717, 1.165) is 12.1 Å². The smallest absolute Gasteiger partial charge is 0.221 e. The van der Waals surface area contributed by atoms with Crippen LogP contribution in [0.25, 0.3) is 17.7 Å². The fraction of sp³-hybridized carbons (Fsp3) is 0.190. The van der Waals surface area contributed by atoms with Crippen molar-refractivity contribution >= 4 is 31.5 Å². The van der Waals surface area contributed by atoms with Crippen molar-refractivity contribution in [2.75, 3.05) is 13.7 Å². The van der Waals surface area contributed by atoms with Gasteiger partial charge in [0.2, 0.25) is 7.55 Å². The second kappa shape index (κ2) is 7.04. The number of aryl methyl sites for hydroxylation is 1. The molecule has 2 aliphatic heterocycles. The Kier molecular flexibility index (Phi) is 4.58. The summed E-state index contributed by atoms with van der Waals surface area (Å²) in [5.74, 6) is 0.204. The number of benzene rings is 1. The van der Waals surface area contributed by atoms with E-state index in [4.69, 9.17) is 10.5 Å². The second-order valence-electron chi connectivity index (χ2n) is 6.62. The molecule has 27 heavy (non-hydrogen) atoms. The predicted molar refractivity (Wildman–Crippen MR) is 108 cm³/mol. The Balaban J connectivity index is 1.74. The lowest BCUT2D eigenvalue weighted by Gasteiger charge is -2.29. The molecule has 0 saturated carbocycles. The number of rotatable bonds is 5. The monoisotopic (exact) mass is 361 g/mol. The third-order valence-corrected chi connectivity index (χ3v) is 4.91. The van der Waals surface area contributed by atoms with Crippen molar-refractivity contribution < 1.29 is 13.6 Å². The third kappa shape index (κ3) is 3.06. The fourth-order valence-corrected chi connectivity index (χ4v) is 3.65. The molecule has 2 aliphatic rings. The lowest BCUT2D eigenvalue weighted by molar-refractivity contribution is -0.307. The van der Waals surface area contributed by atoms with Gasteiger partial charge in [0.1, 0.15) is 17.8 Å². The highest BCUT2D eigenvalue weighted by Crippen LogP contribution is 2.33. The second-order valence-corrected chi connectivity index (χ2v) is 6.62. The number of allylic oxidation sites excluding steroid dienone is 2. The first kappa shape index (κ1) is 17.6. The van der Waals surface area contributed by atoms with Crippen LogP contribution in [0.3, 0.4) is 0 Å². The number of aromatic nitrogens is 1. The molecule has 2 aromatic rings. The van der Waals surface area contributed by atoms with Crippen LogP contribution in [0, 0.1) is 12.7 Å². The zero-order valence-corrected chi connectivity index (χ0v) is 15.4. The summed E-state index contributed by atoms with van der Waals surface area (Å²) in [6, 6.07) is 6.99. The average molecular weight is 361 g/mol. The zero-order valence-electron chi connectivity index (χ0n) is 15.4. The van der Waals surface area contributed by atoms with Gasteiger partial charge < -0.3 is 19.4 Å². The predicted octanol–water partition coefficient (Wildman–Crippen LogP) is 3.22. The number of nitrogens with two attached hydrogens (primary N) is 1. The summed E-state index contributed by atoms with van der Waals surface area (Å²) in [5.41, 5.74) is 12.1. The molecule has 0 aliphatic carbocycles. The summed E-state index contributed by atoms with van der Waals surface area (Å²) >= 11 is 0. The quantitative estimate of drug-likeness (QED) is 0.831. The van der Waals surface area contributed by atoms with Crippen LogP contribution in [0.5, 0.6) is 5.75 Å². The van der Waals surface area contributed by atoms with Gasteiger partial charge in [0, 0.05) is 40.7 Å². The normalized spacial score (nSPS) is 15.3. The van der Waals surface area contributed by atoms with Gasteiger partial charge in [-0.15, -0.1) is 0 Å². The number of hydrogen-bond donors (Lipinski definition) is 1. The Bertz CT molecular complexity index is 1030. The SMILES string of the molecule is COc1ccc(/C=C/c2cc(C)c3n2[B-][N+]2=CC=CC2=C3CCN)c(F)c1. The number of fused-ring (bicyclic) bond motifs is 2. The molecule has 4 rings (SSSR count). The van der Waals surface area contributed by atoms with E-state index in [-0.39, 0.29) is 5.82 Å². The van der Waals surface area contributed by atoms with E-state index in [1.165, 1.54) is 35.7 Å². The molecule has 0 fully saturated rings. The molecule has 0 bridgehead atoms. The van der Waals surface area contributed by atoms with Gasteiger partial charge in [-0.05, 0) is 49.7 Å². The molecule has 2 N–H and O–H groups in total. The molecule has 1 aromatic carbocycles. The van der Waals surface area contributed by atoms with Gasteiger partial charge in [-0.1, -0.05) is 6.08 Å². The molecule has 2 radical (unpaired) electrons. The summed E-state index contributed by atoms with van der Waals surface area (Å²) in [5, 5.41) is 0. The molecule has 6 heteroatoms. The van der Waals surface area contributed by atoms with Gasteiger partial charge >= 0.3 is 0 Å². The van der Waals surface area contributed by atoms with E-state index in [2.05, 4.69) is 35.6 Å². The average Bonchev–Trinajstić information content (AvgIpc) is 3.25. The van der Waals surface area contributed by atoms with Crippen LogP contribution in [-0.4, -0.2) is 36.4 Å². The molecule has 4 nitrogen and oxygen atoms in total. The molecule has 3 heterocycles. The summed E-state index contributed by atoms with van der Waals surface area (Å²) in [6.07, 6.45) is 10.7. The van der Waals surface area contributed by atoms with E-state index < -0.39 is 0 Å². The molecule has 136 valence electrons. The van der Waals surface area contributed by atoms with Crippen molar-refractivity contribution in [3.63, 3.8) is 0 Å². The maximum Gasteiger partial charge on any atom is 0.221 e. The van der Waals surface area contributed by atoms with E-state index in [0.29, 0.717) is 17.9 Å². The highest BCUT2D eigenvalue weighted by Gasteiger charge is 2.24. The number of methoxy groups -OCH3 is 1. The van der Waals surface area contributed by atoms with Crippen LogP contribution in [0.15, 0.2) is 42.1 Å². The van der Waals surface area contributed by atoms with E-state index in [9.17, 15) is 4.39 Å². The molecule has 0 spiro atoms. The maximum absolute atomic E-state index is 14.2. The van der Waals surface area contributed by atoms with Crippen molar-refractivity contribution in [3.05, 3.63) is 70.4 Å². The molecule has 0 amide bonds. The van der Waals surface area contributed by atoms with Gasteiger partial charge in [0.05, 0.1) is 7.11 Å². The lowest BCUT2D eigenvalue weighted by Crippen LogP contribution is -2.30. The van der Waals surface area contributed by atoms with Gasteiger partial charge in [0.15, 0.2) is 5.70 Å². The summed E-state index contributed by atoms with van der Waals surface area (Å²) in [4.78, 5) is 0. The van der Waals surface area contributed by atoms with Crippen LogP contribution in [0.4, 0.5) is 4.39 Å². The molecule has 0 saturated heterocycles. The molecule has 0 atom stereocenters. The first-order valence-corrected chi connectivity index (χ1v) is 8.94. The van der Waals surface area contributed by atoms with E-state index in [1.54, 1.807) is 18.2 Å². The molecule has 1 aromatic heterocycles. The van der Waals surface area contributed by atoms with Crippen molar-refractivity contribution in [3.8, 4) is 5.75 Å². The minimum Gasteiger partial charge on any atom is -0.501 e. The van der Waals surface area contributed by atoms with Crippen molar-refractivity contribution in [1.82, 2.24) is 4.48 Å². The Morgan fingerprint density at radius 2 is 2.15 bits per heavy atom. The zero-order chi connectivity index (χ0) is 19.0. The first-order chi connectivity index (χ1) is 13.1. The van der Waals surface area contributed by atoms with Gasteiger partial charge in [-0.3, -0.25) is 0 Å². The third-order valence-electron chi connectivity index (χ3n) is 4.91. The minimum absolute atomic E-state index is 0.306. The Hall–Kier alpha value is -2.86. The van der Waals surface area contributed by atoms with Crippen molar-refractivity contribution in [2.24, 2.45) is 5.73 Å². The number of nitrogens with zero attached hydrogens (tertiary/aromatic N) is 2. The molecule has 0 unspecified atom stereocenters. The van der Waals surface area contributed by atoms with Gasteiger partial charge in [-0.2, -0.15) is 0 Å². The largest absolute Gasteiger partial charge is 0.501 e. The number of hydrogen-bond acceptors (Lipinski definition) is 2. The summed E-state index contributed by atoms with van der Waals surface area (Å²) < 4.78 is 23.5. The standard InChI is InChI=1S/C21H21BFN3O/c1-14-12-16(7-5-15-6-8-17(27-2)13-19(15)23)26-21(14)18(9-10-24)20-4-3-11-25(20)22-26/h3-8,11-13H,9-10,24H2,1-2H3/b7-5+. The minimum atomic E-state index is -0.306. The van der Waals surface area contributed by atoms with Crippen LogP contribution < -0.4 is 10.5 Å². The Labute approximate surface area is 159 Å². The number of halogens is 1. The fourth-order valence-electron chi connectivity index (χ4n) is 3.65. The van der Waals surface area contributed by atoms with Crippen molar-refractivity contribution in [2.45, 2.75) is 13.3 Å². The first-order valence-electron chi connectivity index (χ1n) is 8.94. The molecular formula is C21H21BFN3O. The van der Waals surface area contributed by atoms with Gasteiger partial charge in [0.25, 0.3) is 0 Å². The van der Waals surface area contributed by atoms with Crippen LogP contribution in [-0.2, 0) is 0 Å². The van der Waals surface area contributed by atoms with Crippen LogP contribution >= 0.6 is 0 Å². The van der Waals surface area contributed by atoms with E-state index in [1.807, 2.05) is 18.4 Å². The summed E-state index contributed by atoms with van der Waals surface area (Å²) in [7, 11) is 3.59. The maximum atomic E-state index is 14.2. The number of ether oxygens (including phenoxy) is 1. The lowest BCUT2D eigenvalue weighted by atomic mass is 9.94. The van der Waals surface area contributed by atoms with Crippen LogP contribution in [0.1, 0.15) is 28.9 Å². The Morgan fingerprint density at radius 3 is 2.89 bits per heavy atom. The summed E-state index contributed by atoms with van der Waals surface area (Å²) in [6.45, 7) is 2.69. The van der Waals surface area contributed by atoms with Gasteiger partial charge in [-0.25, -0.2) is 4.39 Å². The molecular weight excluding hydrogens is 340 g/mol. The Morgan fingerprint density at radius 1 is 1.30 bits per heavy atom. The van der Waals surface area contributed by atoms with E-state index >= 15 is 0 Å².